The summed E-state index contributed by atoms with van der Waals surface area (Å²) in [7, 11) is 0. The van der Waals surface area contributed by atoms with E-state index in [1.54, 1.807) is 29.2 Å². The van der Waals surface area contributed by atoms with Crippen LogP contribution < -0.4 is 20.9 Å². The van der Waals surface area contributed by atoms with Crippen LogP contribution in [0.4, 0.5) is 25.0 Å². The van der Waals surface area contributed by atoms with Crippen LogP contribution in [0.5, 0.6) is 0 Å². The van der Waals surface area contributed by atoms with Crippen molar-refractivity contribution in [3.05, 3.63) is 45.6 Å². The van der Waals surface area contributed by atoms with E-state index in [1.807, 2.05) is 0 Å². The van der Waals surface area contributed by atoms with Crippen molar-refractivity contribution in [2.75, 3.05) is 43.1 Å². The lowest BCUT2D eigenvalue weighted by atomic mass is 10.2. The monoisotopic (exact) mass is 530 g/mol. The van der Waals surface area contributed by atoms with Crippen LogP contribution in [-0.4, -0.2) is 69.2 Å². The van der Waals surface area contributed by atoms with Crippen LogP contribution in [0.2, 0.25) is 4.34 Å². The molecule has 0 unspecified atom stereocenters. The van der Waals surface area contributed by atoms with Gasteiger partial charge in [-0.1, -0.05) is 11.6 Å². The van der Waals surface area contributed by atoms with E-state index in [-0.39, 0.29) is 23.9 Å². The van der Waals surface area contributed by atoms with Gasteiger partial charge in [-0.25, -0.2) is 13.6 Å². The lowest BCUT2D eigenvalue weighted by Gasteiger charge is -2.27. The Hall–Kier alpha value is -3.29. The van der Waals surface area contributed by atoms with Crippen molar-refractivity contribution in [3.8, 4) is 0 Å². The van der Waals surface area contributed by atoms with Gasteiger partial charge in [-0.3, -0.25) is 14.4 Å². The molecule has 2 heterocycles. The first-order valence-corrected chi connectivity index (χ1v) is 11.5. The molecule has 1 atom stereocenters. The van der Waals surface area contributed by atoms with Crippen LogP contribution in [0.3, 0.4) is 0 Å². The van der Waals surface area contributed by atoms with Gasteiger partial charge >= 0.3 is 6.09 Å². The maximum atomic E-state index is 12.8. The van der Waals surface area contributed by atoms with Crippen LogP contribution in [-0.2, 0) is 19.1 Å². The molecule has 1 aliphatic heterocycles. The molecule has 0 bridgehead atoms. The topological polar surface area (TPSA) is 126 Å². The highest BCUT2D eigenvalue weighted by Gasteiger charge is 2.24. The number of carbonyl (C=O) groups excluding carboxylic acids is 4. The summed E-state index contributed by atoms with van der Waals surface area (Å²) in [5.41, 5.74) is 0.951. The van der Waals surface area contributed by atoms with Gasteiger partial charge in [0.25, 0.3) is 18.2 Å². The van der Waals surface area contributed by atoms with Crippen molar-refractivity contribution in [1.29, 1.82) is 0 Å². The molecule has 1 aliphatic rings. The minimum Gasteiger partial charge on any atom is -0.443 e. The van der Waals surface area contributed by atoms with Gasteiger partial charge in [-0.05, 0) is 36.4 Å². The first-order valence-electron chi connectivity index (χ1n) is 10.3. The second kappa shape index (κ2) is 12.4. The number of morpholine rings is 1. The van der Waals surface area contributed by atoms with Gasteiger partial charge < -0.3 is 30.3 Å². The minimum atomic E-state index is -2.88. The van der Waals surface area contributed by atoms with Crippen LogP contribution in [0.25, 0.3) is 0 Å². The summed E-state index contributed by atoms with van der Waals surface area (Å²) in [6.45, 7) is -0.724. The molecule has 1 aromatic carbocycles. The van der Waals surface area contributed by atoms with Gasteiger partial charge in [0, 0.05) is 24.5 Å². The Bertz CT molecular complexity index is 1070. The number of thiophene rings is 1. The molecule has 35 heavy (non-hydrogen) atoms. The molecular formula is C21H21ClF2N4O6S. The number of benzene rings is 1. The summed E-state index contributed by atoms with van der Waals surface area (Å²) in [4.78, 5) is 50.7. The number of carbonyl (C=O) groups is 4. The minimum absolute atomic E-state index is 0.0170. The molecule has 14 heteroatoms. The standard InChI is InChI=1S/C21H21ClF2N4O6S/c22-16-6-5-15(35-16)20(31)25-9-14(27-21(32)34-10-17(23)24)19(30)26-12-1-3-13(4-2-12)28-7-8-33-11-18(28)29/h1-6,14,17H,7-11H2,(H,25,31)(H,26,30)(H,27,32)/t14-/m1/s1. The van der Waals surface area contributed by atoms with Crippen molar-refractivity contribution in [3.63, 3.8) is 0 Å². The third-order valence-corrected chi connectivity index (χ3v) is 5.87. The number of nitrogens with one attached hydrogen (secondary N) is 3. The van der Waals surface area contributed by atoms with Gasteiger partial charge in [0.15, 0.2) is 6.61 Å². The van der Waals surface area contributed by atoms with E-state index in [0.717, 1.165) is 11.3 Å². The number of amides is 4. The summed E-state index contributed by atoms with van der Waals surface area (Å²) >= 11 is 6.84. The van der Waals surface area contributed by atoms with Crippen LogP contribution >= 0.6 is 22.9 Å². The molecule has 188 valence electrons. The van der Waals surface area contributed by atoms with E-state index in [9.17, 15) is 28.0 Å². The number of hydrogen-bond donors (Lipinski definition) is 3. The Kier molecular flexibility index (Phi) is 9.34. The number of halogens is 3. The quantitative estimate of drug-likeness (QED) is 0.457. The summed E-state index contributed by atoms with van der Waals surface area (Å²) in [5.74, 6) is -1.47. The molecule has 1 aromatic heterocycles. The Morgan fingerprint density at radius 3 is 2.54 bits per heavy atom. The van der Waals surface area contributed by atoms with Crippen molar-refractivity contribution in [2.24, 2.45) is 0 Å². The number of nitrogens with zero attached hydrogens (tertiary/aromatic N) is 1. The lowest BCUT2D eigenvalue weighted by molar-refractivity contribution is -0.125. The lowest BCUT2D eigenvalue weighted by Crippen LogP contribution is -2.50. The summed E-state index contributed by atoms with van der Waals surface area (Å²) in [6.07, 6.45) is -4.13. The van der Waals surface area contributed by atoms with E-state index in [4.69, 9.17) is 16.3 Å². The molecule has 0 saturated carbocycles. The van der Waals surface area contributed by atoms with Gasteiger partial charge in [-0.15, -0.1) is 11.3 Å². The molecule has 2 aromatic rings. The van der Waals surface area contributed by atoms with Gasteiger partial charge in [0.2, 0.25) is 5.91 Å². The second-order valence-corrected chi connectivity index (χ2v) is 8.85. The van der Waals surface area contributed by atoms with Crippen molar-refractivity contribution >= 4 is 58.1 Å². The number of hydrogen-bond acceptors (Lipinski definition) is 7. The zero-order valence-electron chi connectivity index (χ0n) is 18.1. The Labute approximate surface area is 207 Å². The van der Waals surface area contributed by atoms with Gasteiger partial charge in [0.05, 0.1) is 15.8 Å². The molecule has 3 rings (SSSR count). The zero-order chi connectivity index (χ0) is 25.4. The molecule has 10 nitrogen and oxygen atoms in total. The number of anilines is 2. The van der Waals surface area contributed by atoms with E-state index < -0.39 is 37.0 Å². The number of alkyl halides is 2. The van der Waals surface area contributed by atoms with Crippen LogP contribution in [0, 0.1) is 0 Å². The van der Waals surface area contributed by atoms with Gasteiger partial charge in [0.1, 0.15) is 12.6 Å². The fourth-order valence-electron chi connectivity index (χ4n) is 3.00. The number of ether oxygens (including phenoxy) is 2. The smallest absolute Gasteiger partial charge is 0.408 e. The molecule has 0 radical (unpaired) electrons. The van der Waals surface area contributed by atoms with E-state index in [2.05, 4.69) is 20.7 Å². The Morgan fingerprint density at radius 1 is 1.17 bits per heavy atom. The molecule has 1 fully saturated rings. The molecule has 0 aliphatic carbocycles. The Morgan fingerprint density at radius 2 is 1.91 bits per heavy atom. The molecule has 0 spiro atoms. The fraction of sp³-hybridized carbons (Fsp3) is 0.333. The average molecular weight is 531 g/mol. The van der Waals surface area contributed by atoms with Crippen molar-refractivity contribution in [2.45, 2.75) is 12.5 Å². The largest absolute Gasteiger partial charge is 0.443 e. The molecular weight excluding hydrogens is 510 g/mol. The predicted octanol–water partition coefficient (Wildman–Crippen LogP) is 2.49. The average Bonchev–Trinajstić information content (AvgIpc) is 3.27. The van der Waals surface area contributed by atoms with E-state index in [1.165, 1.54) is 12.1 Å². The van der Waals surface area contributed by atoms with Crippen molar-refractivity contribution in [1.82, 2.24) is 10.6 Å². The summed E-state index contributed by atoms with van der Waals surface area (Å²) in [6, 6.07) is 8.02. The zero-order valence-corrected chi connectivity index (χ0v) is 19.7. The first kappa shape index (κ1) is 26.3. The number of rotatable bonds is 9. The van der Waals surface area contributed by atoms with E-state index in [0.29, 0.717) is 28.9 Å². The van der Waals surface area contributed by atoms with Gasteiger partial charge in [-0.2, -0.15) is 0 Å². The third kappa shape index (κ3) is 7.87. The highest BCUT2D eigenvalue weighted by atomic mass is 35.5. The highest BCUT2D eigenvalue weighted by Crippen LogP contribution is 2.21. The first-order chi connectivity index (χ1) is 16.7. The SMILES string of the molecule is O=C(N[C@H](CNC(=O)c1ccc(Cl)s1)C(=O)Nc1ccc(N2CCOCC2=O)cc1)OCC(F)F. The molecule has 3 N–H and O–H groups in total. The maximum Gasteiger partial charge on any atom is 0.408 e. The third-order valence-electron chi connectivity index (χ3n) is 4.65. The highest BCUT2D eigenvalue weighted by molar-refractivity contribution is 7.18. The van der Waals surface area contributed by atoms with Crippen LogP contribution in [0.1, 0.15) is 9.67 Å². The molecule has 1 saturated heterocycles. The summed E-state index contributed by atoms with van der Waals surface area (Å²) < 4.78 is 34.5. The van der Waals surface area contributed by atoms with Crippen LogP contribution in [0.15, 0.2) is 36.4 Å². The molecule has 4 amide bonds. The maximum absolute atomic E-state index is 12.8. The normalized spacial score (nSPS) is 14.4. The fourth-order valence-corrected chi connectivity index (χ4v) is 3.95. The summed E-state index contributed by atoms with van der Waals surface area (Å²) in [5, 5.41) is 7.21. The van der Waals surface area contributed by atoms with Crippen molar-refractivity contribution < 1.29 is 37.4 Å². The van der Waals surface area contributed by atoms with E-state index >= 15 is 0 Å². The predicted molar refractivity (Wildman–Crippen MR) is 124 cm³/mol. The number of alkyl carbamates (subject to hydrolysis) is 1. The Balaban J connectivity index is 1.64. The second-order valence-electron chi connectivity index (χ2n) is 7.13.